The van der Waals surface area contributed by atoms with Gasteiger partial charge in [-0.1, -0.05) is 0 Å². The zero-order chi connectivity index (χ0) is 23.5. The van der Waals surface area contributed by atoms with Crippen LogP contribution in [-0.2, 0) is 6.61 Å². The Kier molecular flexibility index (Phi) is 6.30. The lowest BCUT2D eigenvalue weighted by molar-refractivity contribution is -0.274. The fourth-order valence-electron chi connectivity index (χ4n) is 3.00. The number of nitriles is 1. The second-order valence-corrected chi connectivity index (χ2v) is 6.91. The Hall–Kier alpha value is -4.13. The molecule has 1 aromatic heterocycles. The van der Waals surface area contributed by atoms with Gasteiger partial charge in [-0.05, 0) is 55.8 Å². The molecule has 0 aliphatic rings. The second kappa shape index (κ2) is 8.93. The van der Waals surface area contributed by atoms with E-state index in [9.17, 15) is 13.2 Å². The molecule has 0 amide bonds. The zero-order valence-electron chi connectivity index (χ0n) is 17.1. The van der Waals surface area contributed by atoms with E-state index in [-0.39, 0.29) is 34.7 Å². The van der Waals surface area contributed by atoms with Crippen LogP contribution in [0.4, 0.5) is 18.9 Å². The minimum atomic E-state index is -4.93. The van der Waals surface area contributed by atoms with Crippen LogP contribution in [0.25, 0.3) is 0 Å². The van der Waals surface area contributed by atoms with Crippen molar-refractivity contribution in [1.29, 1.82) is 10.7 Å². The third-order valence-corrected chi connectivity index (χ3v) is 4.61. The largest absolute Gasteiger partial charge is 0.573 e. The van der Waals surface area contributed by atoms with Gasteiger partial charge in [0.2, 0.25) is 0 Å². The molecule has 0 unspecified atom stereocenters. The number of alkyl halides is 3. The van der Waals surface area contributed by atoms with E-state index in [4.69, 9.17) is 21.1 Å². The first-order valence-corrected chi connectivity index (χ1v) is 9.27. The third kappa shape index (κ3) is 5.31. The highest BCUT2D eigenvalue weighted by Gasteiger charge is 2.31. The quantitative estimate of drug-likeness (QED) is 0.431. The van der Waals surface area contributed by atoms with Crippen LogP contribution in [0.5, 0.6) is 11.5 Å². The maximum Gasteiger partial charge on any atom is 0.573 e. The first-order valence-electron chi connectivity index (χ1n) is 9.27. The van der Waals surface area contributed by atoms with E-state index in [2.05, 4.69) is 14.9 Å². The number of rotatable bonds is 6. The van der Waals surface area contributed by atoms with Crippen molar-refractivity contribution in [3.8, 4) is 17.6 Å². The molecule has 0 aliphatic heterocycles. The van der Waals surface area contributed by atoms with Crippen LogP contribution in [0, 0.1) is 30.6 Å². The summed E-state index contributed by atoms with van der Waals surface area (Å²) in [5, 5.41) is 25.5. The average molecular weight is 441 g/mol. The van der Waals surface area contributed by atoms with E-state index in [0.717, 1.165) is 29.0 Å². The molecular weight excluding hydrogens is 423 g/mol. The molecule has 2 aromatic carbocycles. The van der Waals surface area contributed by atoms with Crippen LogP contribution < -0.4 is 15.2 Å². The number of nitrogens with two attached hydrogens (primary N) is 1. The first-order chi connectivity index (χ1) is 15.1. The van der Waals surface area contributed by atoms with Crippen molar-refractivity contribution < 1.29 is 22.6 Å². The van der Waals surface area contributed by atoms with E-state index in [1.807, 2.05) is 13.8 Å². The molecule has 0 saturated carbocycles. The third-order valence-electron chi connectivity index (χ3n) is 4.61. The van der Waals surface area contributed by atoms with E-state index in [1.54, 1.807) is 18.3 Å². The number of hydrogen-bond acceptors (Lipinski definition) is 7. The molecule has 32 heavy (non-hydrogen) atoms. The number of nitrogens with one attached hydrogen (secondary N) is 1. The smallest absolute Gasteiger partial charge is 0.489 e. The molecule has 0 bridgehead atoms. The molecule has 0 spiro atoms. The predicted molar refractivity (Wildman–Crippen MR) is 110 cm³/mol. The van der Waals surface area contributed by atoms with Gasteiger partial charge < -0.3 is 15.2 Å². The number of halogens is 3. The first kappa shape index (κ1) is 22.6. The Morgan fingerprint density at radius 1 is 1.16 bits per heavy atom. The van der Waals surface area contributed by atoms with Gasteiger partial charge >= 0.3 is 6.36 Å². The molecule has 3 N–H and O–H groups in total. The zero-order valence-corrected chi connectivity index (χ0v) is 17.1. The molecule has 0 radical (unpaired) electrons. The average Bonchev–Trinajstić information content (AvgIpc) is 2.72. The molecule has 3 aromatic rings. The van der Waals surface area contributed by atoms with Crippen LogP contribution in [-0.4, -0.2) is 22.3 Å². The summed E-state index contributed by atoms with van der Waals surface area (Å²) in [6.07, 6.45) is -3.31. The number of hydrogen-bond donors (Lipinski definition) is 2. The highest BCUT2D eigenvalue weighted by Crippen LogP contribution is 2.28. The van der Waals surface area contributed by atoms with Gasteiger partial charge in [0.25, 0.3) is 0 Å². The number of nitrogens with zero attached hydrogens (tertiary/aromatic N) is 3. The fourth-order valence-corrected chi connectivity index (χ4v) is 3.00. The van der Waals surface area contributed by atoms with E-state index >= 15 is 0 Å². The molecule has 1 heterocycles. The summed E-state index contributed by atoms with van der Waals surface area (Å²) in [5.41, 5.74) is 8.72. The number of nitrogen functional groups attached to an aromatic ring is 1. The van der Waals surface area contributed by atoms with Gasteiger partial charge in [0.05, 0.1) is 29.2 Å². The van der Waals surface area contributed by atoms with Crippen molar-refractivity contribution in [1.82, 2.24) is 10.2 Å². The Bertz CT molecular complexity index is 1200. The minimum Gasteiger partial charge on any atom is -0.489 e. The lowest BCUT2D eigenvalue weighted by atomic mass is 9.98. The maximum absolute atomic E-state index is 12.6. The van der Waals surface area contributed by atoms with E-state index in [1.165, 1.54) is 18.2 Å². The van der Waals surface area contributed by atoms with Crippen LogP contribution in [0.3, 0.4) is 0 Å². The molecule has 164 valence electrons. The number of benzene rings is 2. The molecular formula is C22H18F3N5O2. The lowest BCUT2D eigenvalue weighted by Crippen LogP contribution is -2.17. The predicted octanol–water partition coefficient (Wildman–Crippen LogP) is 4.44. The summed E-state index contributed by atoms with van der Waals surface area (Å²) in [7, 11) is 0. The van der Waals surface area contributed by atoms with Gasteiger partial charge in [0, 0.05) is 22.4 Å². The standard InChI is InChI=1S/C22H18F3N5O2/c1-12-10-29-30-13(2)19(12)11-31-16-3-4-20(27)18(8-16)21(28)15-5-14(9-26)6-17(7-15)32-22(23,24)25/h3-8,10,28H,11,27H2,1-2H3. The SMILES string of the molecule is Cc1cnnc(C)c1COc1ccc(N)c(C(=N)c2cc(C#N)cc(OC(F)(F)F)c2)c1. The summed E-state index contributed by atoms with van der Waals surface area (Å²) in [4.78, 5) is 0. The number of aromatic nitrogens is 2. The van der Waals surface area contributed by atoms with Crippen molar-refractivity contribution in [3.63, 3.8) is 0 Å². The Morgan fingerprint density at radius 2 is 1.91 bits per heavy atom. The number of anilines is 1. The molecule has 3 rings (SSSR count). The Morgan fingerprint density at radius 3 is 2.56 bits per heavy atom. The molecule has 0 atom stereocenters. The van der Waals surface area contributed by atoms with Gasteiger partial charge in [-0.25, -0.2) is 0 Å². The fraction of sp³-hybridized carbons (Fsp3) is 0.182. The lowest BCUT2D eigenvalue weighted by Gasteiger charge is -2.14. The van der Waals surface area contributed by atoms with E-state index in [0.29, 0.717) is 5.75 Å². The summed E-state index contributed by atoms with van der Waals surface area (Å²) in [6.45, 7) is 3.90. The van der Waals surface area contributed by atoms with Gasteiger partial charge in [0.15, 0.2) is 0 Å². The summed E-state index contributed by atoms with van der Waals surface area (Å²) >= 11 is 0. The molecule has 0 saturated heterocycles. The van der Waals surface area contributed by atoms with Crippen molar-refractivity contribution >= 4 is 11.4 Å². The Labute approximate surface area is 181 Å². The highest BCUT2D eigenvalue weighted by molar-refractivity contribution is 6.14. The molecule has 10 heteroatoms. The van der Waals surface area contributed by atoms with Gasteiger partial charge in [-0.3, -0.25) is 5.41 Å². The van der Waals surface area contributed by atoms with Gasteiger partial charge in [-0.15, -0.1) is 13.2 Å². The second-order valence-electron chi connectivity index (χ2n) is 6.91. The normalized spacial score (nSPS) is 11.0. The highest BCUT2D eigenvalue weighted by atomic mass is 19.4. The van der Waals surface area contributed by atoms with Gasteiger partial charge in [-0.2, -0.15) is 15.5 Å². The molecule has 7 nitrogen and oxygen atoms in total. The monoisotopic (exact) mass is 441 g/mol. The molecule has 0 fully saturated rings. The summed E-state index contributed by atoms with van der Waals surface area (Å²) in [6, 6.07) is 9.69. The van der Waals surface area contributed by atoms with E-state index < -0.39 is 12.1 Å². The van der Waals surface area contributed by atoms with Crippen molar-refractivity contribution in [2.45, 2.75) is 26.8 Å². The van der Waals surface area contributed by atoms with Crippen LogP contribution in [0.15, 0.2) is 42.6 Å². The van der Waals surface area contributed by atoms with Crippen molar-refractivity contribution in [2.75, 3.05) is 5.73 Å². The number of aryl methyl sites for hydroxylation is 2. The maximum atomic E-state index is 12.6. The van der Waals surface area contributed by atoms with Crippen LogP contribution >= 0.6 is 0 Å². The van der Waals surface area contributed by atoms with Gasteiger partial charge in [0.1, 0.15) is 18.1 Å². The minimum absolute atomic E-state index is 0.0390. The summed E-state index contributed by atoms with van der Waals surface area (Å²) in [5.74, 6) is -0.198. The Balaban J connectivity index is 1.90. The summed E-state index contributed by atoms with van der Waals surface area (Å²) < 4.78 is 47.6. The van der Waals surface area contributed by atoms with Crippen LogP contribution in [0.2, 0.25) is 0 Å². The van der Waals surface area contributed by atoms with Crippen molar-refractivity contribution in [2.24, 2.45) is 0 Å². The molecule has 0 aliphatic carbocycles. The van der Waals surface area contributed by atoms with Crippen LogP contribution in [0.1, 0.15) is 33.5 Å². The topological polar surface area (TPSA) is 118 Å². The van der Waals surface area contributed by atoms with Crippen molar-refractivity contribution in [3.05, 3.63) is 76.1 Å². The number of ether oxygens (including phenoxy) is 2.